The van der Waals surface area contributed by atoms with Crippen molar-refractivity contribution in [2.24, 2.45) is 0 Å². The first kappa shape index (κ1) is 21.9. The van der Waals surface area contributed by atoms with E-state index in [0.717, 1.165) is 25.7 Å². The molecule has 5 rings (SSSR count). The SMILES string of the molecule is Cc1ccc(F)cc1C(=O)NCc1ccc(-c2nn(C3CCCC3)c3ncnc(N)c23)cc1F. The van der Waals surface area contributed by atoms with E-state index < -0.39 is 17.5 Å². The monoisotopic (exact) mass is 462 g/mol. The van der Waals surface area contributed by atoms with Gasteiger partial charge in [-0.15, -0.1) is 0 Å². The number of carbonyl (C=O) groups excluding carboxylic acids is 1. The summed E-state index contributed by atoms with van der Waals surface area (Å²) in [4.78, 5) is 21.0. The van der Waals surface area contributed by atoms with Crippen molar-refractivity contribution in [1.29, 1.82) is 0 Å². The number of nitrogen functional groups attached to an aromatic ring is 1. The second kappa shape index (κ2) is 8.81. The quantitative estimate of drug-likeness (QED) is 0.448. The number of aryl methyl sites for hydroxylation is 1. The second-order valence-electron chi connectivity index (χ2n) is 8.64. The number of anilines is 1. The lowest BCUT2D eigenvalue weighted by atomic mass is 10.1. The number of nitrogens with zero attached hydrogens (tertiary/aromatic N) is 4. The van der Waals surface area contributed by atoms with E-state index >= 15 is 4.39 Å². The first-order chi connectivity index (χ1) is 16.4. The molecule has 7 nitrogen and oxygen atoms in total. The summed E-state index contributed by atoms with van der Waals surface area (Å²) >= 11 is 0. The number of rotatable bonds is 5. The van der Waals surface area contributed by atoms with Gasteiger partial charge in [0.2, 0.25) is 0 Å². The smallest absolute Gasteiger partial charge is 0.251 e. The van der Waals surface area contributed by atoms with E-state index in [1.807, 2.05) is 4.68 Å². The molecule has 0 saturated heterocycles. The fourth-order valence-electron chi connectivity index (χ4n) is 4.55. The number of carbonyl (C=O) groups is 1. The number of halogens is 2. The molecule has 0 unspecified atom stereocenters. The van der Waals surface area contributed by atoms with Crippen LogP contribution in [0.2, 0.25) is 0 Å². The molecule has 34 heavy (non-hydrogen) atoms. The zero-order valence-corrected chi connectivity index (χ0v) is 18.7. The fraction of sp³-hybridized carbons (Fsp3) is 0.280. The highest BCUT2D eigenvalue weighted by Crippen LogP contribution is 2.36. The third-order valence-corrected chi connectivity index (χ3v) is 6.40. The number of benzene rings is 2. The van der Waals surface area contributed by atoms with Crippen molar-refractivity contribution in [2.45, 2.75) is 45.2 Å². The van der Waals surface area contributed by atoms with Crippen molar-refractivity contribution in [1.82, 2.24) is 25.1 Å². The summed E-state index contributed by atoms with van der Waals surface area (Å²) in [6.07, 6.45) is 5.70. The van der Waals surface area contributed by atoms with Gasteiger partial charge in [-0.2, -0.15) is 5.10 Å². The summed E-state index contributed by atoms with van der Waals surface area (Å²) < 4.78 is 30.4. The number of nitrogens with two attached hydrogens (primary N) is 1. The fourth-order valence-corrected chi connectivity index (χ4v) is 4.55. The van der Waals surface area contributed by atoms with E-state index in [1.165, 1.54) is 30.6 Å². The van der Waals surface area contributed by atoms with Gasteiger partial charge in [0.15, 0.2) is 5.65 Å². The van der Waals surface area contributed by atoms with E-state index in [9.17, 15) is 9.18 Å². The van der Waals surface area contributed by atoms with Crippen LogP contribution in [0.4, 0.5) is 14.6 Å². The van der Waals surface area contributed by atoms with Crippen LogP contribution in [0.3, 0.4) is 0 Å². The molecule has 0 bridgehead atoms. The Hall–Kier alpha value is -3.88. The third kappa shape index (κ3) is 3.98. The van der Waals surface area contributed by atoms with Gasteiger partial charge in [0.25, 0.3) is 5.91 Å². The number of amides is 1. The van der Waals surface area contributed by atoms with Gasteiger partial charge in [-0.1, -0.05) is 31.0 Å². The van der Waals surface area contributed by atoms with Crippen LogP contribution >= 0.6 is 0 Å². The molecule has 0 radical (unpaired) electrons. The minimum Gasteiger partial charge on any atom is -0.383 e. The molecule has 0 aliphatic heterocycles. The second-order valence-corrected chi connectivity index (χ2v) is 8.64. The number of hydrogen-bond donors (Lipinski definition) is 2. The maximum absolute atomic E-state index is 15.0. The van der Waals surface area contributed by atoms with Crippen molar-refractivity contribution < 1.29 is 13.6 Å². The normalized spacial score (nSPS) is 14.1. The van der Waals surface area contributed by atoms with Crippen LogP contribution < -0.4 is 11.1 Å². The molecule has 0 spiro atoms. The van der Waals surface area contributed by atoms with E-state index in [-0.39, 0.29) is 18.2 Å². The highest BCUT2D eigenvalue weighted by molar-refractivity contribution is 5.98. The van der Waals surface area contributed by atoms with Gasteiger partial charge in [0.05, 0.1) is 11.4 Å². The maximum atomic E-state index is 15.0. The summed E-state index contributed by atoms with van der Waals surface area (Å²) in [6, 6.07) is 8.94. The summed E-state index contributed by atoms with van der Waals surface area (Å²) in [6.45, 7) is 1.68. The molecule has 1 aliphatic carbocycles. The lowest BCUT2D eigenvalue weighted by Crippen LogP contribution is -2.24. The van der Waals surface area contributed by atoms with Crippen molar-refractivity contribution in [3.05, 3.63) is 71.1 Å². The Morgan fingerprint density at radius 1 is 1.15 bits per heavy atom. The Bertz CT molecular complexity index is 1390. The topological polar surface area (TPSA) is 98.7 Å². The first-order valence-electron chi connectivity index (χ1n) is 11.2. The molecule has 9 heteroatoms. The van der Waals surface area contributed by atoms with Crippen LogP contribution in [0.15, 0.2) is 42.7 Å². The van der Waals surface area contributed by atoms with E-state index in [4.69, 9.17) is 10.8 Å². The van der Waals surface area contributed by atoms with Crippen LogP contribution in [-0.2, 0) is 6.54 Å². The Kier molecular flexibility index (Phi) is 5.69. The molecular weight excluding hydrogens is 438 g/mol. The van der Waals surface area contributed by atoms with Crippen LogP contribution in [0.25, 0.3) is 22.3 Å². The minimum atomic E-state index is -0.501. The molecule has 174 valence electrons. The third-order valence-electron chi connectivity index (χ3n) is 6.40. The van der Waals surface area contributed by atoms with Crippen LogP contribution in [-0.4, -0.2) is 25.7 Å². The van der Waals surface area contributed by atoms with Gasteiger partial charge in [-0.05, 0) is 43.5 Å². The molecule has 1 saturated carbocycles. The van der Waals surface area contributed by atoms with Gasteiger partial charge in [-0.25, -0.2) is 23.4 Å². The minimum absolute atomic E-state index is 0.0383. The van der Waals surface area contributed by atoms with Crippen molar-refractivity contribution in [3.8, 4) is 11.3 Å². The first-order valence-corrected chi connectivity index (χ1v) is 11.2. The molecule has 1 amide bonds. The van der Waals surface area contributed by atoms with Crippen molar-refractivity contribution >= 4 is 22.8 Å². The lowest BCUT2D eigenvalue weighted by molar-refractivity contribution is 0.0949. The van der Waals surface area contributed by atoms with Crippen LogP contribution in [0.5, 0.6) is 0 Å². The lowest BCUT2D eigenvalue weighted by Gasteiger charge is -2.10. The van der Waals surface area contributed by atoms with E-state index in [2.05, 4.69) is 15.3 Å². The highest BCUT2D eigenvalue weighted by atomic mass is 19.1. The summed E-state index contributed by atoms with van der Waals surface area (Å²) in [5.74, 6) is -1.16. The molecular formula is C25H24F2N6O. The average molecular weight is 463 g/mol. The zero-order chi connectivity index (χ0) is 23.8. The molecule has 4 aromatic rings. The number of fused-ring (bicyclic) bond motifs is 1. The molecule has 2 aromatic heterocycles. The van der Waals surface area contributed by atoms with Gasteiger partial charge >= 0.3 is 0 Å². The average Bonchev–Trinajstić information content (AvgIpc) is 3.48. The van der Waals surface area contributed by atoms with Crippen molar-refractivity contribution in [2.75, 3.05) is 5.73 Å². The molecule has 1 fully saturated rings. The predicted molar refractivity (Wildman–Crippen MR) is 125 cm³/mol. The molecule has 0 atom stereocenters. The standard InChI is InChI=1S/C25H24F2N6O/c1-14-6-9-17(26)11-19(14)25(34)29-12-16-8-7-15(10-20(16)27)22-21-23(28)30-13-31-24(21)33(32-22)18-4-2-3-5-18/h6-11,13,18H,2-5,12H2,1H3,(H,29,34)(H2,28,30,31). The van der Waals surface area contributed by atoms with Gasteiger partial charge < -0.3 is 11.1 Å². The summed E-state index contributed by atoms with van der Waals surface area (Å²) in [7, 11) is 0. The van der Waals surface area contributed by atoms with Crippen molar-refractivity contribution in [3.63, 3.8) is 0 Å². The molecule has 3 N–H and O–H groups in total. The number of nitrogens with one attached hydrogen (secondary N) is 1. The Morgan fingerprint density at radius 2 is 1.94 bits per heavy atom. The Morgan fingerprint density at radius 3 is 2.71 bits per heavy atom. The van der Waals surface area contributed by atoms with Gasteiger partial charge in [-0.3, -0.25) is 4.79 Å². The number of hydrogen-bond acceptors (Lipinski definition) is 5. The largest absolute Gasteiger partial charge is 0.383 e. The predicted octanol–water partition coefficient (Wildman–Crippen LogP) is 4.71. The maximum Gasteiger partial charge on any atom is 0.251 e. The zero-order valence-electron chi connectivity index (χ0n) is 18.7. The summed E-state index contributed by atoms with van der Waals surface area (Å²) in [5, 5.41) is 8.03. The Balaban J connectivity index is 1.43. The summed E-state index contributed by atoms with van der Waals surface area (Å²) in [5.41, 5.74) is 9.05. The molecule has 2 heterocycles. The van der Waals surface area contributed by atoms with E-state index in [0.29, 0.717) is 39.2 Å². The van der Waals surface area contributed by atoms with Crippen LogP contribution in [0, 0.1) is 18.6 Å². The molecule has 1 aliphatic rings. The van der Waals surface area contributed by atoms with Gasteiger partial charge in [0.1, 0.15) is 29.5 Å². The van der Waals surface area contributed by atoms with Crippen LogP contribution in [0.1, 0.15) is 53.2 Å². The Labute approximate surface area is 195 Å². The number of aromatic nitrogens is 4. The highest BCUT2D eigenvalue weighted by Gasteiger charge is 2.25. The molecule has 2 aromatic carbocycles. The van der Waals surface area contributed by atoms with E-state index in [1.54, 1.807) is 19.1 Å². The van der Waals surface area contributed by atoms with Gasteiger partial charge in [0, 0.05) is 23.2 Å².